The van der Waals surface area contributed by atoms with Crippen molar-refractivity contribution < 1.29 is 23.7 Å². The summed E-state index contributed by atoms with van der Waals surface area (Å²) in [5.41, 5.74) is 4.55. The van der Waals surface area contributed by atoms with Crippen LogP contribution < -0.4 is 14.2 Å². The second-order valence-electron chi connectivity index (χ2n) is 6.01. The fourth-order valence-corrected chi connectivity index (χ4v) is 3.30. The number of fused-ring (bicyclic) bond motifs is 1. The van der Waals surface area contributed by atoms with Crippen LogP contribution in [0.1, 0.15) is 23.1 Å². The van der Waals surface area contributed by atoms with E-state index in [1.54, 1.807) is 13.2 Å². The molecule has 5 nitrogen and oxygen atoms in total. The van der Waals surface area contributed by atoms with Gasteiger partial charge in [0.1, 0.15) is 12.4 Å². The summed E-state index contributed by atoms with van der Waals surface area (Å²) < 4.78 is 21.8. The fraction of sp³-hybridized carbons (Fsp3) is 0.190. The highest BCUT2D eigenvalue weighted by molar-refractivity contribution is 5.93. The van der Waals surface area contributed by atoms with E-state index in [2.05, 4.69) is 6.58 Å². The van der Waals surface area contributed by atoms with E-state index in [-0.39, 0.29) is 25.8 Å². The van der Waals surface area contributed by atoms with Crippen molar-refractivity contribution >= 4 is 17.6 Å². The summed E-state index contributed by atoms with van der Waals surface area (Å²) in [7, 11) is 1.63. The van der Waals surface area contributed by atoms with Crippen LogP contribution in [0.15, 0.2) is 48.6 Å². The Morgan fingerprint density at radius 2 is 1.92 bits per heavy atom. The number of hydrogen-bond donors (Lipinski definition) is 0. The van der Waals surface area contributed by atoms with Crippen LogP contribution in [0.5, 0.6) is 17.2 Å². The molecule has 0 bridgehead atoms. The van der Waals surface area contributed by atoms with Crippen LogP contribution in [0.4, 0.5) is 0 Å². The molecular formula is C21H18O5. The number of cyclic esters (lactones) is 1. The molecule has 2 aliphatic heterocycles. The van der Waals surface area contributed by atoms with E-state index in [1.165, 1.54) is 0 Å². The monoisotopic (exact) mass is 350 g/mol. The molecule has 26 heavy (non-hydrogen) atoms. The summed E-state index contributed by atoms with van der Waals surface area (Å²) in [4.78, 5) is 11.8. The van der Waals surface area contributed by atoms with Crippen LogP contribution in [0.25, 0.3) is 11.6 Å². The molecule has 0 unspecified atom stereocenters. The molecule has 0 radical (unpaired) electrons. The largest absolute Gasteiger partial charge is 0.497 e. The van der Waals surface area contributed by atoms with Crippen molar-refractivity contribution in [2.75, 3.05) is 20.5 Å². The van der Waals surface area contributed by atoms with E-state index >= 15 is 0 Å². The Morgan fingerprint density at radius 1 is 1.12 bits per heavy atom. The molecule has 1 saturated heterocycles. The van der Waals surface area contributed by atoms with Gasteiger partial charge in [0.25, 0.3) is 0 Å². The normalized spacial score (nSPS) is 17.0. The molecule has 2 aromatic rings. The van der Waals surface area contributed by atoms with Gasteiger partial charge in [0.15, 0.2) is 11.5 Å². The molecule has 0 saturated carbocycles. The predicted octanol–water partition coefficient (Wildman–Crippen LogP) is 3.82. The zero-order valence-electron chi connectivity index (χ0n) is 14.4. The minimum Gasteiger partial charge on any atom is -0.497 e. The van der Waals surface area contributed by atoms with E-state index in [1.807, 2.05) is 36.4 Å². The summed E-state index contributed by atoms with van der Waals surface area (Å²) in [5, 5.41) is 0. The van der Waals surface area contributed by atoms with Gasteiger partial charge in [0.2, 0.25) is 6.79 Å². The Balaban J connectivity index is 1.97. The fourth-order valence-electron chi connectivity index (χ4n) is 3.30. The van der Waals surface area contributed by atoms with Crippen LogP contribution in [-0.4, -0.2) is 26.5 Å². The van der Waals surface area contributed by atoms with E-state index in [0.717, 1.165) is 33.6 Å². The Hall–Kier alpha value is -3.21. The maximum atomic E-state index is 11.8. The molecule has 0 spiro atoms. The molecule has 1 fully saturated rings. The smallest absolute Gasteiger partial charge is 0.310 e. The third-order valence-corrected chi connectivity index (χ3v) is 4.54. The van der Waals surface area contributed by atoms with Crippen molar-refractivity contribution in [1.82, 2.24) is 0 Å². The molecule has 5 heteroatoms. The molecule has 0 atom stereocenters. The van der Waals surface area contributed by atoms with E-state index in [0.29, 0.717) is 11.5 Å². The lowest BCUT2D eigenvalue weighted by Gasteiger charge is -2.17. The van der Waals surface area contributed by atoms with E-state index in [9.17, 15) is 4.79 Å². The Bertz CT molecular complexity index is 909. The predicted molar refractivity (Wildman–Crippen MR) is 97.2 cm³/mol. The molecule has 0 aliphatic carbocycles. The van der Waals surface area contributed by atoms with Gasteiger partial charge in [-0.05, 0) is 40.5 Å². The number of methoxy groups -OCH3 is 1. The molecule has 0 N–H and O–H groups in total. The number of benzene rings is 2. The Labute approximate surface area is 151 Å². The summed E-state index contributed by atoms with van der Waals surface area (Å²) in [5.74, 6) is 1.89. The number of rotatable bonds is 4. The van der Waals surface area contributed by atoms with Gasteiger partial charge in [-0.1, -0.05) is 30.9 Å². The molecule has 2 aromatic carbocycles. The quantitative estimate of drug-likeness (QED) is 0.785. The lowest BCUT2D eigenvalue weighted by atomic mass is 9.88. The van der Waals surface area contributed by atoms with E-state index < -0.39 is 0 Å². The topological polar surface area (TPSA) is 54.0 Å². The van der Waals surface area contributed by atoms with Crippen molar-refractivity contribution in [3.63, 3.8) is 0 Å². The number of ether oxygens (including phenoxy) is 4. The first kappa shape index (κ1) is 16.3. The van der Waals surface area contributed by atoms with Gasteiger partial charge in [-0.3, -0.25) is 4.79 Å². The molecule has 2 heterocycles. The summed E-state index contributed by atoms with van der Waals surface area (Å²) in [6.07, 6.45) is 2.03. The highest BCUT2D eigenvalue weighted by atomic mass is 16.7. The number of carbonyl (C=O) groups excluding carboxylic acids is 1. The third kappa shape index (κ3) is 2.71. The van der Waals surface area contributed by atoms with Gasteiger partial charge >= 0.3 is 5.97 Å². The summed E-state index contributed by atoms with van der Waals surface area (Å²) in [6.45, 7) is 4.36. The minimum absolute atomic E-state index is 0.170. The second-order valence-corrected chi connectivity index (χ2v) is 6.01. The van der Waals surface area contributed by atoms with Crippen molar-refractivity contribution in [1.29, 1.82) is 0 Å². The summed E-state index contributed by atoms with van der Waals surface area (Å²) in [6, 6.07) is 11.5. The Kier molecular flexibility index (Phi) is 4.13. The Morgan fingerprint density at radius 3 is 2.58 bits per heavy atom. The number of carbonyl (C=O) groups is 1. The minimum atomic E-state index is -0.226. The van der Waals surface area contributed by atoms with Crippen molar-refractivity contribution in [3.05, 3.63) is 65.2 Å². The first-order chi connectivity index (χ1) is 12.7. The van der Waals surface area contributed by atoms with Crippen molar-refractivity contribution in [2.45, 2.75) is 6.42 Å². The van der Waals surface area contributed by atoms with Crippen LogP contribution >= 0.6 is 0 Å². The zero-order chi connectivity index (χ0) is 18.1. The van der Waals surface area contributed by atoms with Crippen LogP contribution in [0.2, 0.25) is 0 Å². The van der Waals surface area contributed by atoms with Gasteiger partial charge in [-0.25, -0.2) is 0 Å². The average molecular weight is 350 g/mol. The molecule has 132 valence electrons. The second kappa shape index (κ2) is 6.59. The van der Waals surface area contributed by atoms with Gasteiger partial charge in [0.05, 0.1) is 13.5 Å². The SMILES string of the molecule is C=Cc1ccc2c(c1/C(=C1/COC(=O)C1)c1ccc(OC)cc1)OCO2. The van der Waals surface area contributed by atoms with Gasteiger partial charge in [-0.2, -0.15) is 0 Å². The standard InChI is InChI=1S/C21H18O5/c1-3-13-6-9-17-21(26-12-25-17)20(13)19(15-10-18(22)24-11-15)14-4-7-16(23-2)8-5-14/h3-9H,1,10-12H2,2H3/b19-15+. The highest BCUT2D eigenvalue weighted by Crippen LogP contribution is 2.45. The number of esters is 1. The van der Waals surface area contributed by atoms with Gasteiger partial charge in [0, 0.05) is 5.56 Å². The molecule has 2 aliphatic rings. The lowest BCUT2D eigenvalue weighted by molar-refractivity contribution is -0.137. The number of hydrogen-bond acceptors (Lipinski definition) is 5. The van der Waals surface area contributed by atoms with Crippen LogP contribution in [0.3, 0.4) is 0 Å². The zero-order valence-corrected chi connectivity index (χ0v) is 14.4. The molecular weight excluding hydrogens is 332 g/mol. The third-order valence-electron chi connectivity index (χ3n) is 4.54. The van der Waals surface area contributed by atoms with Crippen LogP contribution in [0, 0.1) is 0 Å². The van der Waals surface area contributed by atoms with E-state index in [4.69, 9.17) is 18.9 Å². The molecule has 4 rings (SSSR count). The molecule has 0 aromatic heterocycles. The maximum absolute atomic E-state index is 11.8. The van der Waals surface area contributed by atoms with Crippen LogP contribution in [-0.2, 0) is 9.53 Å². The van der Waals surface area contributed by atoms with Crippen molar-refractivity contribution in [3.8, 4) is 17.2 Å². The maximum Gasteiger partial charge on any atom is 0.310 e. The summed E-state index contributed by atoms with van der Waals surface area (Å²) >= 11 is 0. The van der Waals surface area contributed by atoms with Gasteiger partial charge in [-0.15, -0.1) is 0 Å². The van der Waals surface area contributed by atoms with Gasteiger partial charge < -0.3 is 18.9 Å². The first-order valence-corrected chi connectivity index (χ1v) is 8.28. The lowest BCUT2D eigenvalue weighted by Crippen LogP contribution is -2.00. The molecule has 0 amide bonds. The van der Waals surface area contributed by atoms with Crippen molar-refractivity contribution in [2.24, 2.45) is 0 Å². The first-order valence-electron chi connectivity index (χ1n) is 8.28. The highest BCUT2D eigenvalue weighted by Gasteiger charge is 2.28. The average Bonchev–Trinajstić information content (AvgIpc) is 3.31.